The summed E-state index contributed by atoms with van der Waals surface area (Å²) in [7, 11) is -3.87. The quantitative estimate of drug-likeness (QED) is 0.319. The number of benzene rings is 3. The lowest BCUT2D eigenvalue weighted by Gasteiger charge is -2.34. The summed E-state index contributed by atoms with van der Waals surface area (Å²) in [6.07, 6.45) is 2.09. The molecule has 0 heterocycles. The van der Waals surface area contributed by atoms with Crippen LogP contribution in [0.5, 0.6) is 0 Å². The molecule has 3 aromatic rings. The van der Waals surface area contributed by atoms with E-state index in [1.807, 2.05) is 44.2 Å². The minimum atomic E-state index is -3.87. The van der Waals surface area contributed by atoms with Crippen LogP contribution in [-0.4, -0.2) is 50.0 Å². The van der Waals surface area contributed by atoms with Gasteiger partial charge in [0.1, 0.15) is 12.6 Å². The molecule has 10 heteroatoms. The van der Waals surface area contributed by atoms with Crippen molar-refractivity contribution >= 4 is 61.5 Å². The summed E-state index contributed by atoms with van der Waals surface area (Å²) in [6, 6.07) is 16.7. The average Bonchev–Trinajstić information content (AvgIpc) is 2.87. The van der Waals surface area contributed by atoms with E-state index in [1.165, 1.54) is 4.90 Å². The molecule has 7 nitrogen and oxygen atoms in total. The summed E-state index contributed by atoms with van der Waals surface area (Å²) in [6.45, 7) is 5.08. The van der Waals surface area contributed by atoms with E-state index in [1.54, 1.807) is 37.3 Å². The van der Waals surface area contributed by atoms with E-state index in [0.717, 1.165) is 22.4 Å². The lowest BCUT2D eigenvalue weighted by atomic mass is 10.1. The minimum Gasteiger partial charge on any atom is -0.352 e. The zero-order valence-corrected chi connectivity index (χ0v) is 24.3. The summed E-state index contributed by atoms with van der Waals surface area (Å²) in [5.74, 6) is -0.875. The van der Waals surface area contributed by atoms with Gasteiger partial charge in [-0.15, -0.1) is 0 Å². The minimum absolute atomic E-state index is 0.0586. The number of nitrogens with zero attached hydrogens (tertiary/aromatic N) is 2. The second kappa shape index (κ2) is 12.8. The summed E-state index contributed by atoms with van der Waals surface area (Å²) in [5, 5.41) is 5.17. The molecule has 204 valence electrons. The number of sulfonamides is 1. The number of carbonyl (C=O) groups excluding carboxylic acids is 2. The highest BCUT2D eigenvalue weighted by molar-refractivity contribution is 7.92. The number of carbonyl (C=O) groups is 2. The molecule has 0 unspecified atom stereocenters. The van der Waals surface area contributed by atoms with Gasteiger partial charge in [-0.25, -0.2) is 8.42 Å². The molecule has 0 aliphatic rings. The molecule has 3 rings (SSSR count). The summed E-state index contributed by atoms with van der Waals surface area (Å²) in [4.78, 5) is 28.6. The number of amides is 2. The smallest absolute Gasteiger partial charge is 0.244 e. The van der Waals surface area contributed by atoms with Gasteiger partial charge in [0.15, 0.2) is 0 Å². The molecule has 0 fully saturated rings. The maximum absolute atomic E-state index is 14.0. The van der Waals surface area contributed by atoms with Crippen molar-refractivity contribution in [2.75, 3.05) is 17.1 Å². The van der Waals surface area contributed by atoms with Crippen molar-refractivity contribution in [1.29, 1.82) is 0 Å². The van der Waals surface area contributed by atoms with Gasteiger partial charge >= 0.3 is 0 Å². The van der Waals surface area contributed by atoms with Crippen LogP contribution in [0.1, 0.15) is 39.2 Å². The first kappa shape index (κ1) is 29.7. The molecule has 3 aromatic carbocycles. The molecule has 2 amide bonds. The third-order valence-corrected chi connectivity index (χ3v) is 8.33. The molecule has 0 bridgehead atoms. The van der Waals surface area contributed by atoms with Crippen LogP contribution in [0.25, 0.3) is 10.8 Å². The van der Waals surface area contributed by atoms with E-state index >= 15 is 0 Å². The number of fused-ring (bicyclic) bond motifs is 1. The molecule has 0 saturated carbocycles. The van der Waals surface area contributed by atoms with Gasteiger partial charge in [0.25, 0.3) is 0 Å². The van der Waals surface area contributed by atoms with Crippen LogP contribution in [0.2, 0.25) is 10.0 Å². The Kier molecular flexibility index (Phi) is 10.0. The Labute approximate surface area is 234 Å². The maximum atomic E-state index is 14.0. The van der Waals surface area contributed by atoms with Gasteiger partial charge in [0.05, 0.1) is 11.9 Å². The fraction of sp³-hybridized carbons (Fsp3) is 0.357. The second-order valence-corrected chi connectivity index (χ2v) is 12.0. The van der Waals surface area contributed by atoms with Crippen LogP contribution in [-0.2, 0) is 26.2 Å². The fourth-order valence-electron chi connectivity index (χ4n) is 4.23. The van der Waals surface area contributed by atoms with Crippen LogP contribution in [0.4, 0.5) is 5.69 Å². The van der Waals surface area contributed by atoms with Crippen molar-refractivity contribution < 1.29 is 18.0 Å². The number of halogens is 2. The lowest BCUT2D eigenvalue weighted by Crippen LogP contribution is -2.53. The summed E-state index contributed by atoms with van der Waals surface area (Å²) in [5.41, 5.74) is 0.863. The highest BCUT2D eigenvalue weighted by atomic mass is 35.5. The van der Waals surface area contributed by atoms with Crippen molar-refractivity contribution in [3.8, 4) is 0 Å². The number of anilines is 1. The van der Waals surface area contributed by atoms with E-state index in [-0.39, 0.29) is 18.5 Å². The van der Waals surface area contributed by atoms with Crippen LogP contribution >= 0.6 is 23.2 Å². The standard InChI is InChI=1S/C28H33Cl2N3O4S/c1-5-19(3)31-28(35)25(6-2)32(17-22-23(29)14-10-15-24(22)30)27(34)18-33(38(4,36)37)26-16-9-12-20-11-7-8-13-21(20)26/h7-16,19,25H,5-6,17-18H2,1-4H3,(H,31,35)/t19-,25-/m0/s1. The van der Waals surface area contributed by atoms with E-state index in [9.17, 15) is 18.0 Å². The first-order valence-corrected chi connectivity index (χ1v) is 15.1. The molecule has 0 radical (unpaired) electrons. The molecule has 2 atom stereocenters. The molecular weight excluding hydrogens is 545 g/mol. The SMILES string of the molecule is CC[C@H](C)NC(=O)[C@H](CC)N(Cc1c(Cl)cccc1Cl)C(=O)CN(c1cccc2ccccc12)S(C)(=O)=O. The van der Waals surface area contributed by atoms with Crippen molar-refractivity contribution in [3.63, 3.8) is 0 Å². The number of hydrogen-bond acceptors (Lipinski definition) is 4. The van der Waals surface area contributed by atoms with E-state index in [2.05, 4.69) is 5.32 Å². The maximum Gasteiger partial charge on any atom is 0.244 e. The second-order valence-electron chi connectivity index (χ2n) is 9.23. The van der Waals surface area contributed by atoms with Gasteiger partial charge < -0.3 is 10.2 Å². The fourth-order valence-corrected chi connectivity index (χ4v) is 5.61. The van der Waals surface area contributed by atoms with E-state index in [0.29, 0.717) is 33.1 Å². The molecule has 0 spiro atoms. The Hall–Kier alpha value is -2.81. The monoisotopic (exact) mass is 577 g/mol. The third kappa shape index (κ3) is 6.98. The molecule has 0 aromatic heterocycles. The predicted octanol–water partition coefficient (Wildman–Crippen LogP) is 5.63. The zero-order valence-electron chi connectivity index (χ0n) is 21.9. The Balaban J connectivity index is 2.07. The highest BCUT2D eigenvalue weighted by Gasteiger charge is 2.33. The molecular formula is C28H33Cl2N3O4S. The lowest BCUT2D eigenvalue weighted by molar-refractivity contribution is -0.140. The summed E-state index contributed by atoms with van der Waals surface area (Å²) >= 11 is 12.8. The first-order valence-electron chi connectivity index (χ1n) is 12.5. The van der Waals surface area contributed by atoms with Crippen molar-refractivity contribution in [2.24, 2.45) is 0 Å². The number of rotatable bonds is 11. The van der Waals surface area contributed by atoms with Gasteiger partial charge in [0.2, 0.25) is 21.8 Å². The molecule has 0 saturated heterocycles. The van der Waals surface area contributed by atoms with Crippen LogP contribution in [0.3, 0.4) is 0 Å². The largest absolute Gasteiger partial charge is 0.352 e. The van der Waals surface area contributed by atoms with E-state index in [4.69, 9.17) is 23.2 Å². The Morgan fingerprint density at radius 2 is 1.53 bits per heavy atom. The topological polar surface area (TPSA) is 86.8 Å². The van der Waals surface area contributed by atoms with Crippen molar-refractivity contribution in [1.82, 2.24) is 10.2 Å². The zero-order chi connectivity index (χ0) is 28.0. The van der Waals surface area contributed by atoms with Gasteiger partial charge in [0, 0.05) is 33.6 Å². The van der Waals surface area contributed by atoms with E-state index < -0.39 is 28.5 Å². The Morgan fingerprint density at radius 1 is 0.921 bits per heavy atom. The Bertz CT molecular complexity index is 1390. The van der Waals surface area contributed by atoms with Crippen molar-refractivity contribution in [3.05, 3.63) is 76.3 Å². The normalized spacial score (nSPS) is 13.1. The molecule has 1 N–H and O–H groups in total. The van der Waals surface area contributed by atoms with Crippen LogP contribution in [0, 0.1) is 0 Å². The molecule has 0 aliphatic carbocycles. The predicted molar refractivity (Wildman–Crippen MR) is 155 cm³/mol. The Morgan fingerprint density at radius 3 is 2.13 bits per heavy atom. The third-order valence-electron chi connectivity index (χ3n) is 6.49. The van der Waals surface area contributed by atoms with Gasteiger partial charge in [-0.2, -0.15) is 0 Å². The van der Waals surface area contributed by atoms with Crippen LogP contribution in [0.15, 0.2) is 60.7 Å². The molecule has 0 aliphatic heterocycles. The average molecular weight is 579 g/mol. The van der Waals surface area contributed by atoms with Crippen molar-refractivity contribution in [2.45, 2.75) is 52.2 Å². The van der Waals surface area contributed by atoms with Gasteiger partial charge in [-0.3, -0.25) is 13.9 Å². The first-order chi connectivity index (χ1) is 18.0. The van der Waals surface area contributed by atoms with Gasteiger partial charge in [-0.05, 0) is 43.4 Å². The van der Waals surface area contributed by atoms with Crippen LogP contribution < -0.4 is 9.62 Å². The van der Waals surface area contributed by atoms with Gasteiger partial charge in [-0.1, -0.05) is 79.5 Å². The summed E-state index contributed by atoms with van der Waals surface area (Å²) < 4.78 is 27.1. The number of nitrogens with one attached hydrogen (secondary N) is 1. The number of hydrogen-bond donors (Lipinski definition) is 1. The highest BCUT2D eigenvalue weighted by Crippen LogP contribution is 2.30. The molecule has 38 heavy (non-hydrogen) atoms.